The highest BCUT2D eigenvalue weighted by Gasteiger charge is 2.54. The Hall–Kier alpha value is -5.11. The van der Waals surface area contributed by atoms with E-state index in [0.717, 1.165) is 36.6 Å². The molecule has 0 spiro atoms. The van der Waals surface area contributed by atoms with Crippen LogP contribution in [0.25, 0.3) is 22.3 Å². The Bertz CT molecular complexity index is 3410. The van der Waals surface area contributed by atoms with E-state index in [0.29, 0.717) is 6.42 Å². The fourth-order valence-corrected chi connectivity index (χ4v) is 13.2. The molecule has 8 heterocycles. The lowest BCUT2D eigenvalue weighted by molar-refractivity contribution is -0.745. The minimum absolute atomic E-state index is 0.00143. The molecule has 1 amide bonds. The molecule has 38 nitrogen and oxygen atoms in total. The van der Waals surface area contributed by atoms with Gasteiger partial charge in [-0.3, -0.25) is 56.1 Å². The first kappa shape index (κ1) is 59.0. The maximum atomic E-state index is 13.6. The van der Waals surface area contributed by atoms with Crippen LogP contribution in [0.1, 0.15) is 38.4 Å². The zero-order chi connectivity index (χ0) is 56.8. The van der Waals surface area contributed by atoms with Gasteiger partial charge >= 0.3 is 42.6 Å². The summed E-state index contributed by atoms with van der Waals surface area (Å²) >= 11 is 0. The van der Waals surface area contributed by atoms with Crippen LogP contribution >= 0.6 is 31.3 Å². The van der Waals surface area contributed by atoms with Gasteiger partial charge in [-0.15, -0.1) is 0 Å². The zero-order valence-electron chi connectivity index (χ0n) is 40.6. The minimum Gasteiger partial charge on any atom is -0.387 e. The third-order valence-corrected chi connectivity index (χ3v) is 17.4. The molecule has 3 fully saturated rings. The molecule has 16 atom stereocenters. The number of anilines is 2. The van der Waals surface area contributed by atoms with Gasteiger partial charge in [0.2, 0.25) is 17.7 Å². The van der Waals surface area contributed by atoms with Crippen molar-refractivity contribution < 1.29 is 108 Å². The number of amides is 1. The van der Waals surface area contributed by atoms with Gasteiger partial charge < -0.3 is 70.6 Å². The first-order valence-corrected chi connectivity index (χ1v) is 28.8. The van der Waals surface area contributed by atoms with Crippen LogP contribution in [0.2, 0.25) is 0 Å². The van der Waals surface area contributed by atoms with E-state index in [2.05, 4.69) is 38.9 Å². The number of phosphoric acid groups is 4. The minimum atomic E-state index is -6.24. The monoisotopic (exact) mass is 1190 g/mol. The van der Waals surface area contributed by atoms with Crippen LogP contribution in [0.5, 0.6) is 0 Å². The molecule has 3 aliphatic rings. The number of carbonyl (C=O) groups excluding carboxylic acids is 1. The number of aromatic nitrogens is 10. The number of nitrogens with one attached hydrogen (secondary N) is 3. The highest BCUT2D eigenvalue weighted by Crippen LogP contribution is 2.68. The number of phosphoric ester groups is 3. The molecular formula is C36H52N13O25P4+. The molecule has 3 aliphatic heterocycles. The number of methoxy groups -OCH3 is 1. The molecule has 8 rings (SSSR count). The Morgan fingerprint density at radius 2 is 1.47 bits per heavy atom. The van der Waals surface area contributed by atoms with Crippen LogP contribution in [-0.4, -0.2) is 167 Å². The van der Waals surface area contributed by atoms with Gasteiger partial charge in [0.25, 0.3) is 17.1 Å². The summed E-state index contributed by atoms with van der Waals surface area (Å²) in [5.74, 6) is -2.24. The summed E-state index contributed by atoms with van der Waals surface area (Å²) in [6.45, 7) is -1.35. The van der Waals surface area contributed by atoms with Crippen molar-refractivity contribution >= 4 is 71.3 Å². The van der Waals surface area contributed by atoms with E-state index in [1.165, 1.54) is 27.1 Å². The van der Waals surface area contributed by atoms with E-state index in [4.69, 9.17) is 48.5 Å². The predicted molar refractivity (Wildman–Crippen MR) is 253 cm³/mol. The number of ether oxygens (including phenoxy) is 4. The molecule has 0 aliphatic carbocycles. The normalized spacial score (nSPS) is 29.6. The number of aromatic amines is 2. The standard InChI is InChI=1S/C36H51N13O25P4/c1-4-6-39-20(51)8-15-16(69-32(23(15)52)49-14-46(2)22-30(49)44-35(38)45-31(22)55)9-67-76(59,60)73-78(63,64)74-77(61,62)68-11-18-26(27(65-3)34(71-18)48-13-42-21-28(37)40-12-41-29(21)48)72-75(57,58)66-10-17-24(53)25(54)33(70-17)47-7-5-19(50)43-36(47)56/h5,7,12-18,23-27,32-34,52-54H,4,6,8-11H2,1-3H3,(H10-,37,38,39,40,41,43,44,45,50,51,55,56,57,58,59,60,61,62,63,64)/p+1/t15-,16-,17-,18-,23-,24-,25-,26-,27-,32?,33-,34-/m1/s1. The van der Waals surface area contributed by atoms with Gasteiger partial charge in [0.05, 0.1) is 39.3 Å². The lowest BCUT2D eigenvalue weighted by Gasteiger charge is -2.26. The number of hydrogen-bond acceptors (Lipinski definition) is 27. The van der Waals surface area contributed by atoms with Crippen LogP contribution in [0.3, 0.4) is 0 Å². The maximum Gasteiger partial charge on any atom is 0.490 e. The summed E-state index contributed by atoms with van der Waals surface area (Å²) in [4.78, 5) is 113. The third kappa shape index (κ3) is 12.9. The van der Waals surface area contributed by atoms with Gasteiger partial charge in [0, 0.05) is 38.3 Å². The van der Waals surface area contributed by atoms with E-state index in [1.807, 2.05) is 4.98 Å². The first-order chi connectivity index (χ1) is 36.6. The van der Waals surface area contributed by atoms with Crippen molar-refractivity contribution in [1.29, 1.82) is 0 Å². The summed E-state index contributed by atoms with van der Waals surface area (Å²) in [5, 5.41) is 35.4. The fourth-order valence-electron chi connectivity index (χ4n) is 8.68. The third-order valence-electron chi connectivity index (χ3n) is 12.1. The van der Waals surface area contributed by atoms with Crippen LogP contribution < -0.4 is 38.2 Å². The molecule has 430 valence electrons. The molecule has 0 aromatic carbocycles. The number of nitrogens with zero attached hydrogens (tertiary/aromatic N) is 8. The zero-order valence-corrected chi connectivity index (χ0v) is 44.1. The number of H-pyrrole nitrogens is 2. The molecule has 0 bridgehead atoms. The largest absolute Gasteiger partial charge is 0.490 e. The second kappa shape index (κ2) is 23.2. The summed E-state index contributed by atoms with van der Waals surface area (Å²) in [6, 6.07) is 0.921. The van der Waals surface area contributed by atoms with Crippen molar-refractivity contribution in [3.8, 4) is 0 Å². The summed E-state index contributed by atoms with van der Waals surface area (Å²) in [5.41, 5.74) is 9.16. The molecule has 5 aromatic heterocycles. The number of aryl methyl sites for hydroxylation is 1. The smallest absolute Gasteiger partial charge is 0.387 e. The average Bonchev–Trinajstić information content (AvgIpc) is 4.23. The lowest BCUT2D eigenvalue weighted by Crippen LogP contribution is -2.45. The SMILES string of the molecule is CCCNC(=O)C[C@@H]1[C@@H](COP(=O)(O)OP(=O)(O)OP(=O)(O)OC[C@H]2O[C@@H](n3cnc4c(N)ncnc43)[C@H](OC)[C@@H]2OP(=O)(O)OC[C@H]2O[C@@H](n3ccc(=O)[nH]c3=O)[C@H](O)[C@@H]2O)OC([n+]2cn(C)c3c(=O)[nH]c(N)nc32)[C@@H]1O. The maximum absolute atomic E-state index is 13.6. The highest BCUT2D eigenvalue weighted by molar-refractivity contribution is 7.66. The molecule has 5 unspecified atom stereocenters. The number of aliphatic hydroxyl groups excluding tert-OH is 3. The Morgan fingerprint density at radius 3 is 2.14 bits per heavy atom. The fraction of sp³-hybridized carbons (Fsp3) is 0.583. The van der Waals surface area contributed by atoms with Gasteiger partial charge in [-0.05, 0) is 6.42 Å². The summed E-state index contributed by atoms with van der Waals surface area (Å²) < 4.78 is 110. The molecule has 0 radical (unpaired) electrons. The number of imidazole rings is 2. The Kier molecular flexibility index (Phi) is 17.5. The molecule has 14 N–H and O–H groups in total. The second-order valence-electron chi connectivity index (χ2n) is 17.4. The Labute approximate surface area is 435 Å². The van der Waals surface area contributed by atoms with Gasteiger partial charge in [0.1, 0.15) is 54.6 Å². The number of carbonyl (C=O) groups is 1. The van der Waals surface area contributed by atoms with Crippen LogP contribution in [0, 0.1) is 5.92 Å². The Morgan fingerprint density at radius 1 is 0.821 bits per heavy atom. The number of nitrogen functional groups attached to an aromatic ring is 2. The van der Waals surface area contributed by atoms with Crippen LogP contribution in [-0.2, 0) is 75.8 Å². The molecule has 0 saturated carbocycles. The number of rotatable bonds is 23. The second-order valence-corrected chi connectivity index (χ2v) is 23.5. The Balaban J connectivity index is 0.950. The molecule has 78 heavy (non-hydrogen) atoms. The number of aliphatic hydroxyl groups is 3. The van der Waals surface area contributed by atoms with Crippen molar-refractivity contribution in [2.75, 3.05) is 44.9 Å². The number of fused-ring (bicyclic) bond motifs is 2. The molecule has 5 aromatic rings. The van der Waals surface area contributed by atoms with Crippen molar-refractivity contribution in [3.63, 3.8) is 0 Å². The molecular weight excluding hydrogens is 1140 g/mol. The summed E-state index contributed by atoms with van der Waals surface area (Å²) in [6.07, 6.45) is -13.8. The van der Waals surface area contributed by atoms with Gasteiger partial charge in [-0.1, -0.05) is 11.9 Å². The first-order valence-electron chi connectivity index (χ1n) is 22.8. The van der Waals surface area contributed by atoms with Crippen molar-refractivity contribution in [3.05, 3.63) is 62.4 Å². The van der Waals surface area contributed by atoms with Gasteiger partial charge in [-0.2, -0.15) is 8.62 Å². The summed E-state index contributed by atoms with van der Waals surface area (Å²) in [7, 11) is -21.0. The van der Waals surface area contributed by atoms with Gasteiger partial charge in [-0.25, -0.2) is 42.6 Å². The van der Waals surface area contributed by atoms with E-state index in [-0.39, 0.29) is 40.6 Å². The highest BCUT2D eigenvalue weighted by atomic mass is 31.3. The van der Waals surface area contributed by atoms with E-state index in [1.54, 1.807) is 6.92 Å². The topological polar surface area (TPSA) is 536 Å². The van der Waals surface area contributed by atoms with Crippen LogP contribution in [0.4, 0.5) is 11.8 Å². The van der Waals surface area contributed by atoms with Gasteiger partial charge in [0.15, 0.2) is 30.2 Å². The van der Waals surface area contributed by atoms with E-state index >= 15 is 0 Å². The quantitative estimate of drug-likeness (QED) is 0.0221. The molecule has 42 heteroatoms. The number of hydrogen-bond donors (Lipinski definition) is 12. The van der Waals surface area contributed by atoms with Crippen molar-refractivity contribution in [2.45, 2.75) is 87.3 Å². The average molecular weight is 1190 g/mol. The van der Waals surface area contributed by atoms with Crippen molar-refractivity contribution in [2.24, 2.45) is 13.0 Å². The van der Waals surface area contributed by atoms with E-state index < -0.39 is 154 Å². The predicted octanol–water partition coefficient (Wildman–Crippen LogP) is -3.70. The van der Waals surface area contributed by atoms with Crippen LogP contribution in [0.15, 0.2) is 45.6 Å². The molecule has 3 saturated heterocycles. The van der Waals surface area contributed by atoms with E-state index in [9.17, 15) is 72.3 Å². The lowest BCUT2D eigenvalue weighted by atomic mass is 9.94. The number of nitrogens with two attached hydrogens (primary N) is 2. The van der Waals surface area contributed by atoms with Crippen molar-refractivity contribution in [1.82, 2.24) is 48.9 Å².